The number of aromatic nitrogens is 1. The summed E-state index contributed by atoms with van der Waals surface area (Å²) in [5, 5.41) is 13.6. The molecule has 1 aromatic carbocycles. The Labute approximate surface area is 130 Å². The summed E-state index contributed by atoms with van der Waals surface area (Å²) in [7, 11) is 0. The number of hydrogen-bond donors (Lipinski definition) is 3. The number of guanidine groups is 1. The van der Waals surface area contributed by atoms with Crippen LogP contribution in [-0.2, 0) is 11.2 Å². The van der Waals surface area contributed by atoms with Gasteiger partial charge in [-0.25, -0.2) is 4.98 Å². The summed E-state index contributed by atoms with van der Waals surface area (Å²) in [6.45, 7) is 0. The molecule has 3 aromatic rings. The zero-order valence-electron chi connectivity index (χ0n) is 11.6. The summed E-state index contributed by atoms with van der Waals surface area (Å²) in [5.41, 5.74) is 0.868. The molecule has 0 bridgehead atoms. The summed E-state index contributed by atoms with van der Waals surface area (Å²) in [6, 6.07) is 11.3. The largest absolute Gasteiger partial charge is 0.469 e. The average Bonchev–Trinajstić information content (AvgIpc) is 3.13. The van der Waals surface area contributed by atoms with Crippen LogP contribution in [0, 0.1) is 5.41 Å². The molecule has 7 heteroatoms. The third-order valence-corrected chi connectivity index (χ3v) is 3.92. The van der Waals surface area contributed by atoms with Gasteiger partial charge in [0.25, 0.3) is 0 Å². The average molecular weight is 314 g/mol. The van der Waals surface area contributed by atoms with Crippen LogP contribution in [-0.4, -0.2) is 16.9 Å². The van der Waals surface area contributed by atoms with E-state index < -0.39 is 0 Å². The molecular weight excluding hydrogens is 300 g/mol. The second kappa shape index (κ2) is 6.40. The molecular formula is C15H14N4O2S. The predicted molar refractivity (Wildman–Crippen MR) is 86.1 cm³/mol. The van der Waals surface area contributed by atoms with Gasteiger partial charge in [0.15, 0.2) is 5.13 Å². The van der Waals surface area contributed by atoms with Crippen molar-refractivity contribution in [3.63, 3.8) is 0 Å². The van der Waals surface area contributed by atoms with E-state index in [0.717, 1.165) is 16.0 Å². The lowest BCUT2D eigenvalue weighted by atomic mass is 10.2. The smallest absolute Gasteiger partial charge is 0.227 e. The van der Waals surface area contributed by atoms with Crippen LogP contribution in [0.3, 0.4) is 0 Å². The molecule has 112 valence electrons. The van der Waals surface area contributed by atoms with E-state index in [1.807, 2.05) is 30.3 Å². The molecule has 0 spiro atoms. The van der Waals surface area contributed by atoms with Gasteiger partial charge < -0.3 is 9.73 Å². The highest BCUT2D eigenvalue weighted by Gasteiger charge is 2.09. The Morgan fingerprint density at radius 1 is 1.27 bits per heavy atom. The molecule has 2 aromatic heterocycles. The molecule has 0 unspecified atom stereocenters. The first-order valence-corrected chi connectivity index (χ1v) is 7.56. The van der Waals surface area contributed by atoms with Crippen LogP contribution in [0.4, 0.5) is 5.13 Å². The number of carbonyl (C=O) groups is 1. The first-order valence-electron chi connectivity index (χ1n) is 6.74. The summed E-state index contributed by atoms with van der Waals surface area (Å²) in [4.78, 5) is 16.1. The van der Waals surface area contributed by atoms with Gasteiger partial charge in [0.1, 0.15) is 5.76 Å². The number of para-hydroxylation sites is 1. The number of anilines is 1. The number of nitrogens with one attached hydrogen (secondary N) is 3. The normalized spacial score (nSPS) is 10.5. The summed E-state index contributed by atoms with van der Waals surface area (Å²) in [5.74, 6) is 0.430. The number of amides is 1. The first-order chi connectivity index (χ1) is 10.7. The molecule has 0 saturated heterocycles. The van der Waals surface area contributed by atoms with Gasteiger partial charge in [-0.05, 0) is 24.3 Å². The molecule has 0 aliphatic carbocycles. The SMILES string of the molecule is N=C(NC(=O)CCc1ccco1)Nc1nc2ccccc2s1. The van der Waals surface area contributed by atoms with Crippen LogP contribution >= 0.6 is 11.3 Å². The Morgan fingerprint density at radius 2 is 2.14 bits per heavy atom. The Kier molecular flexibility index (Phi) is 4.15. The van der Waals surface area contributed by atoms with Crippen LogP contribution in [0.1, 0.15) is 12.2 Å². The van der Waals surface area contributed by atoms with Crippen LogP contribution in [0.15, 0.2) is 47.1 Å². The molecule has 0 aliphatic heterocycles. The molecule has 2 heterocycles. The van der Waals surface area contributed by atoms with Crippen molar-refractivity contribution in [2.45, 2.75) is 12.8 Å². The molecule has 0 saturated carbocycles. The number of benzene rings is 1. The van der Waals surface area contributed by atoms with Crippen molar-refractivity contribution in [3.8, 4) is 0 Å². The van der Waals surface area contributed by atoms with E-state index in [4.69, 9.17) is 9.83 Å². The Morgan fingerprint density at radius 3 is 2.91 bits per heavy atom. The fourth-order valence-electron chi connectivity index (χ4n) is 1.96. The topological polar surface area (TPSA) is 91.0 Å². The van der Waals surface area contributed by atoms with E-state index in [1.54, 1.807) is 12.3 Å². The minimum atomic E-state index is -0.241. The number of thiazole rings is 1. The van der Waals surface area contributed by atoms with Gasteiger partial charge in [0.2, 0.25) is 11.9 Å². The van der Waals surface area contributed by atoms with E-state index in [-0.39, 0.29) is 18.3 Å². The molecule has 1 amide bonds. The van der Waals surface area contributed by atoms with E-state index >= 15 is 0 Å². The Hall–Kier alpha value is -2.67. The minimum absolute atomic E-state index is 0.0801. The van der Waals surface area contributed by atoms with Crippen molar-refractivity contribution < 1.29 is 9.21 Å². The number of fused-ring (bicyclic) bond motifs is 1. The number of rotatable bonds is 4. The first kappa shape index (κ1) is 14.3. The van der Waals surface area contributed by atoms with Gasteiger partial charge in [0.05, 0.1) is 16.5 Å². The zero-order valence-corrected chi connectivity index (χ0v) is 12.4. The van der Waals surface area contributed by atoms with E-state index in [2.05, 4.69) is 15.6 Å². The number of furan rings is 1. The van der Waals surface area contributed by atoms with Crippen molar-refractivity contribution in [3.05, 3.63) is 48.4 Å². The molecule has 3 rings (SSSR count). The molecule has 0 aliphatic rings. The lowest BCUT2D eigenvalue weighted by molar-refractivity contribution is -0.119. The number of aryl methyl sites for hydroxylation is 1. The molecule has 0 radical (unpaired) electrons. The van der Waals surface area contributed by atoms with E-state index in [0.29, 0.717) is 11.6 Å². The van der Waals surface area contributed by atoms with Gasteiger partial charge in [0, 0.05) is 12.8 Å². The van der Waals surface area contributed by atoms with E-state index in [9.17, 15) is 4.79 Å². The molecule has 3 N–H and O–H groups in total. The maximum absolute atomic E-state index is 11.8. The van der Waals surface area contributed by atoms with Crippen molar-refractivity contribution in [2.24, 2.45) is 0 Å². The fourth-order valence-corrected chi connectivity index (χ4v) is 2.83. The monoisotopic (exact) mass is 314 g/mol. The second-order valence-electron chi connectivity index (χ2n) is 4.61. The van der Waals surface area contributed by atoms with Crippen LogP contribution < -0.4 is 10.6 Å². The van der Waals surface area contributed by atoms with Crippen molar-refractivity contribution in [1.82, 2.24) is 10.3 Å². The highest BCUT2D eigenvalue weighted by atomic mass is 32.1. The quantitative estimate of drug-likeness (QED) is 0.510. The van der Waals surface area contributed by atoms with Crippen molar-refractivity contribution >= 4 is 38.6 Å². The standard InChI is InChI=1S/C15H14N4O2S/c16-14(18-13(20)8-7-10-4-3-9-21-10)19-15-17-11-5-1-2-6-12(11)22-15/h1-6,9H,7-8H2,(H3,16,17,18,19,20). The zero-order chi connectivity index (χ0) is 15.4. The third kappa shape index (κ3) is 3.50. The highest BCUT2D eigenvalue weighted by molar-refractivity contribution is 7.22. The number of hydrogen-bond acceptors (Lipinski definition) is 5. The van der Waals surface area contributed by atoms with Crippen LogP contribution in [0.25, 0.3) is 10.2 Å². The Balaban J connectivity index is 1.52. The van der Waals surface area contributed by atoms with Gasteiger partial charge in [-0.1, -0.05) is 23.5 Å². The van der Waals surface area contributed by atoms with Gasteiger partial charge in [-0.3, -0.25) is 15.5 Å². The second-order valence-corrected chi connectivity index (χ2v) is 5.64. The predicted octanol–water partition coefficient (Wildman–Crippen LogP) is 2.98. The highest BCUT2D eigenvalue weighted by Crippen LogP contribution is 2.25. The molecule has 6 nitrogen and oxygen atoms in total. The van der Waals surface area contributed by atoms with Crippen molar-refractivity contribution in [1.29, 1.82) is 5.41 Å². The third-order valence-electron chi connectivity index (χ3n) is 2.97. The molecule has 0 fully saturated rings. The summed E-state index contributed by atoms with van der Waals surface area (Å²) < 4.78 is 6.19. The molecule has 0 atom stereocenters. The van der Waals surface area contributed by atoms with Gasteiger partial charge >= 0.3 is 0 Å². The fraction of sp³-hybridized carbons (Fsp3) is 0.133. The lowest BCUT2D eigenvalue weighted by Gasteiger charge is -2.06. The molecule has 22 heavy (non-hydrogen) atoms. The number of nitrogens with zero attached hydrogens (tertiary/aromatic N) is 1. The van der Waals surface area contributed by atoms with Crippen molar-refractivity contribution in [2.75, 3.05) is 5.32 Å². The summed E-state index contributed by atoms with van der Waals surface area (Å²) >= 11 is 1.43. The van der Waals surface area contributed by atoms with Gasteiger partial charge in [-0.2, -0.15) is 0 Å². The maximum Gasteiger partial charge on any atom is 0.227 e. The Bertz CT molecular complexity index is 762. The van der Waals surface area contributed by atoms with E-state index in [1.165, 1.54) is 11.3 Å². The van der Waals surface area contributed by atoms with Crippen LogP contribution in [0.2, 0.25) is 0 Å². The van der Waals surface area contributed by atoms with Gasteiger partial charge in [-0.15, -0.1) is 0 Å². The maximum atomic E-state index is 11.8. The minimum Gasteiger partial charge on any atom is -0.469 e. The van der Waals surface area contributed by atoms with Crippen LogP contribution in [0.5, 0.6) is 0 Å². The lowest BCUT2D eigenvalue weighted by Crippen LogP contribution is -2.35. The number of carbonyl (C=O) groups excluding carboxylic acids is 1. The summed E-state index contributed by atoms with van der Waals surface area (Å²) in [6.07, 6.45) is 2.34.